The van der Waals surface area contributed by atoms with Gasteiger partial charge in [-0.05, 0) is 25.7 Å². The maximum atomic E-state index is 11.1. The molecule has 0 aromatic carbocycles. The Hall–Kier alpha value is -0.625. The average molecular weight is 230 g/mol. The third kappa shape index (κ3) is 2.94. The van der Waals surface area contributed by atoms with Crippen LogP contribution in [0.1, 0.15) is 19.3 Å². The van der Waals surface area contributed by atoms with E-state index >= 15 is 0 Å². The van der Waals surface area contributed by atoms with Crippen molar-refractivity contribution in [3.8, 4) is 0 Å². The van der Waals surface area contributed by atoms with E-state index in [0.717, 1.165) is 6.42 Å². The quantitative estimate of drug-likeness (QED) is 0.359. The molecular formula is C9H19BN2O4. The van der Waals surface area contributed by atoms with Gasteiger partial charge in [0.25, 0.3) is 0 Å². The van der Waals surface area contributed by atoms with Gasteiger partial charge >= 0.3 is 13.1 Å². The van der Waals surface area contributed by atoms with Crippen LogP contribution in [-0.4, -0.2) is 47.4 Å². The van der Waals surface area contributed by atoms with Crippen molar-refractivity contribution in [3.05, 3.63) is 0 Å². The van der Waals surface area contributed by atoms with Crippen molar-refractivity contribution in [1.82, 2.24) is 5.32 Å². The fourth-order valence-corrected chi connectivity index (χ4v) is 2.40. The van der Waals surface area contributed by atoms with Crippen molar-refractivity contribution in [3.63, 3.8) is 0 Å². The van der Waals surface area contributed by atoms with Gasteiger partial charge in [-0.3, -0.25) is 4.79 Å². The van der Waals surface area contributed by atoms with E-state index in [1.54, 1.807) is 0 Å². The summed E-state index contributed by atoms with van der Waals surface area (Å²) < 4.78 is 0. The molecule has 6 nitrogen and oxygen atoms in total. The number of nitrogens with two attached hydrogens (primary N) is 1. The molecule has 7 heteroatoms. The van der Waals surface area contributed by atoms with Gasteiger partial charge in [0.05, 0.1) is 0 Å². The molecule has 1 fully saturated rings. The summed E-state index contributed by atoms with van der Waals surface area (Å²) in [6.07, 6.45) is 2.15. The van der Waals surface area contributed by atoms with Crippen molar-refractivity contribution >= 4 is 13.1 Å². The summed E-state index contributed by atoms with van der Waals surface area (Å²) in [7, 11) is -1.33. The van der Waals surface area contributed by atoms with Crippen molar-refractivity contribution in [2.45, 2.75) is 31.6 Å². The summed E-state index contributed by atoms with van der Waals surface area (Å²) in [5.41, 5.74) is 5.24. The minimum absolute atomic E-state index is 0.258. The predicted molar refractivity (Wildman–Crippen MR) is 59.8 cm³/mol. The number of hydrogen-bond donors (Lipinski definition) is 5. The van der Waals surface area contributed by atoms with E-state index in [0.29, 0.717) is 25.9 Å². The maximum absolute atomic E-state index is 11.1. The molecule has 0 spiro atoms. The molecule has 92 valence electrons. The van der Waals surface area contributed by atoms with Gasteiger partial charge in [0.1, 0.15) is 6.04 Å². The molecule has 0 saturated carbocycles. The highest BCUT2D eigenvalue weighted by atomic mass is 16.4. The lowest BCUT2D eigenvalue weighted by atomic mass is 9.73. The molecule has 1 heterocycles. The Balaban J connectivity index is 2.58. The first-order valence-electron chi connectivity index (χ1n) is 5.54. The van der Waals surface area contributed by atoms with Crippen molar-refractivity contribution < 1.29 is 19.9 Å². The highest BCUT2D eigenvalue weighted by molar-refractivity contribution is 6.40. The van der Waals surface area contributed by atoms with Crippen LogP contribution in [0.3, 0.4) is 0 Å². The van der Waals surface area contributed by atoms with E-state index in [-0.39, 0.29) is 6.32 Å². The second kappa shape index (κ2) is 5.63. The molecular weight excluding hydrogens is 211 g/mol. The van der Waals surface area contributed by atoms with Gasteiger partial charge in [-0.25, -0.2) is 0 Å². The summed E-state index contributed by atoms with van der Waals surface area (Å²) in [5.74, 6) is -0.882. The Bertz CT molecular complexity index is 252. The fraction of sp³-hybridized carbons (Fsp3) is 0.889. The minimum Gasteiger partial charge on any atom is -0.480 e. The largest absolute Gasteiger partial charge is 0.480 e. The Kier molecular flexibility index (Phi) is 4.73. The number of rotatable bonds is 6. The molecule has 0 radical (unpaired) electrons. The Morgan fingerprint density at radius 1 is 1.56 bits per heavy atom. The van der Waals surface area contributed by atoms with E-state index in [9.17, 15) is 4.79 Å². The molecule has 0 bridgehead atoms. The van der Waals surface area contributed by atoms with Crippen LogP contribution >= 0.6 is 0 Å². The van der Waals surface area contributed by atoms with E-state index < -0.39 is 24.5 Å². The topological polar surface area (TPSA) is 116 Å². The normalized spacial score (nSPS) is 29.3. The smallest absolute Gasteiger partial charge is 0.451 e. The third-order valence-electron chi connectivity index (χ3n) is 3.37. The van der Waals surface area contributed by atoms with E-state index in [1.807, 2.05) is 0 Å². The molecule has 1 saturated heterocycles. The van der Waals surface area contributed by atoms with Gasteiger partial charge in [-0.1, -0.05) is 6.42 Å². The summed E-state index contributed by atoms with van der Waals surface area (Å²) in [4.78, 5) is 11.1. The minimum atomic E-state index is -1.33. The Labute approximate surface area is 95.0 Å². The average Bonchev–Trinajstić information content (AvgIpc) is 2.62. The van der Waals surface area contributed by atoms with Crippen molar-refractivity contribution in [1.29, 1.82) is 0 Å². The van der Waals surface area contributed by atoms with Crippen LogP contribution in [-0.2, 0) is 4.79 Å². The van der Waals surface area contributed by atoms with Crippen LogP contribution in [0.2, 0.25) is 6.32 Å². The number of aliphatic carboxylic acids is 1. The molecule has 0 amide bonds. The Morgan fingerprint density at radius 2 is 2.25 bits per heavy atom. The van der Waals surface area contributed by atoms with Gasteiger partial charge in [-0.2, -0.15) is 0 Å². The number of carboxylic acid groups (broad SMARTS) is 1. The SMILES string of the molecule is NCC1(CCCB(O)O)CCNC1C(=O)O. The first kappa shape index (κ1) is 13.4. The second-order valence-electron chi connectivity index (χ2n) is 4.41. The van der Waals surface area contributed by atoms with Gasteiger partial charge < -0.3 is 26.2 Å². The van der Waals surface area contributed by atoms with Crippen LogP contribution in [0.25, 0.3) is 0 Å². The molecule has 0 aromatic heterocycles. The molecule has 2 unspecified atom stereocenters. The first-order valence-corrected chi connectivity index (χ1v) is 5.54. The first-order chi connectivity index (χ1) is 7.52. The zero-order chi connectivity index (χ0) is 12.2. The molecule has 0 aromatic rings. The molecule has 6 N–H and O–H groups in total. The van der Waals surface area contributed by atoms with Gasteiger partial charge in [0.2, 0.25) is 0 Å². The van der Waals surface area contributed by atoms with Crippen LogP contribution in [0.15, 0.2) is 0 Å². The van der Waals surface area contributed by atoms with Gasteiger partial charge in [0, 0.05) is 12.0 Å². The molecule has 16 heavy (non-hydrogen) atoms. The second-order valence-corrected chi connectivity index (χ2v) is 4.41. The van der Waals surface area contributed by atoms with Crippen LogP contribution in [0.4, 0.5) is 0 Å². The van der Waals surface area contributed by atoms with Gasteiger partial charge in [-0.15, -0.1) is 0 Å². The lowest BCUT2D eigenvalue weighted by molar-refractivity contribution is -0.142. The summed E-state index contributed by atoms with van der Waals surface area (Å²) in [6, 6.07) is -0.617. The molecule has 1 rings (SSSR count). The maximum Gasteiger partial charge on any atom is 0.451 e. The molecule has 1 aliphatic heterocycles. The molecule has 0 aliphatic carbocycles. The summed E-state index contributed by atoms with van der Waals surface area (Å²) >= 11 is 0. The zero-order valence-electron chi connectivity index (χ0n) is 9.22. The van der Waals surface area contributed by atoms with E-state index in [2.05, 4.69) is 5.32 Å². The lowest BCUT2D eigenvalue weighted by Gasteiger charge is -2.31. The number of hydrogen-bond acceptors (Lipinski definition) is 5. The van der Waals surface area contributed by atoms with E-state index in [1.165, 1.54) is 0 Å². The highest BCUT2D eigenvalue weighted by Gasteiger charge is 2.45. The predicted octanol–water partition coefficient (Wildman–Crippen LogP) is -1.37. The monoisotopic (exact) mass is 230 g/mol. The third-order valence-corrected chi connectivity index (χ3v) is 3.37. The fourth-order valence-electron chi connectivity index (χ4n) is 2.40. The zero-order valence-corrected chi connectivity index (χ0v) is 9.22. The van der Waals surface area contributed by atoms with Crippen LogP contribution in [0.5, 0.6) is 0 Å². The highest BCUT2D eigenvalue weighted by Crippen LogP contribution is 2.36. The summed E-state index contributed by atoms with van der Waals surface area (Å²) in [5, 5.41) is 29.5. The van der Waals surface area contributed by atoms with E-state index in [4.69, 9.17) is 20.9 Å². The van der Waals surface area contributed by atoms with Crippen LogP contribution < -0.4 is 11.1 Å². The summed E-state index contributed by atoms with van der Waals surface area (Å²) in [6.45, 7) is 0.953. The van der Waals surface area contributed by atoms with Crippen molar-refractivity contribution in [2.75, 3.05) is 13.1 Å². The number of nitrogens with one attached hydrogen (secondary N) is 1. The molecule has 2 atom stereocenters. The number of carbonyl (C=O) groups is 1. The van der Waals surface area contributed by atoms with Gasteiger partial charge in [0.15, 0.2) is 0 Å². The number of carboxylic acids is 1. The Morgan fingerprint density at radius 3 is 2.75 bits per heavy atom. The molecule has 1 aliphatic rings. The van der Waals surface area contributed by atoms with Crippen LogP contribution in [0, 0.1) is 5.41 Å². The standard InChI is InChI=1S/C9H19BN2O4/c11-6-9(2-1-4-10(15)16)3-5-12-7(9)8(13)14/h7,12,15-16H,1-6,11H2,(H,13,14). The lowest BCUT2D eigenvalue weighted by Crippen LogP contribution is -2.47. The van der Waals surface area contributed by atoms with Crippen molar-refractivity contribution in [2.24, 2.45) is 11.1 Å².